The fraction of sp³-hybridized carbons (Fsp3) is 0.100. The molecule has 0 saturated heterocycles. The van der Waals surface area contributed by atoms with Gasteiger partial charge in [-0.15, -0.1) is 6.42 Å². The van der Waals surface area contributed by atoms with E-state index in [9.17, 15) is 4.39 Å². The molecule has 0 amide bonds. The van der Waals surface area contributed by atoms with Gasteiger partial charge in [-0.2, -0.15) is 0 Å². The summed E-state index contributed by atoms with van der Waals surface area (Å²) in [5.74, 6) is 2.72. The van der Waals surface area contributed by atoms with Crippen LogP contribution in [-0.2, 0) is 0 Å². The highest BCUT2D eigenvalue weighted by atomic mass is 35.5. The number of benzene rings is 1. The quantitative estimate of drug-likeness (QED) is 0.585. The van der Waals surface area contributed by atoms with Crippen molar-refractivity contribution in [3.8, 4) is 12.3 Å². The summed E-state index contributed by atoms with van der Waals surface area (Å²) in [4.78, 5) is 0. The van der Waals surface area contributed by atoms with E-state index in [0.717, 1.165) is 0 Å². The van der Waals surface area contributed by atoms with Crippen molar-refractivity contribution in [2.45, 2.75) is 6.92 Å². The Morgan fingerprint density at radius 3 is 2.83 bits per heavy atom. The largest absolute Gasteiger partial charge is 0.207 e. The molecular formula is C10H7ClF. The molecule has 61 valence electrons. The second-order valence-corrected chi connectivity index (χ2v) is 2.80. The van der Waals surface area contributed by atoms with Crippen molar-refractivity contribution in [2.24, 2.45) is 0 Å². The van der Waals surface area contributed by atoms with E-state index in [4.69, 9.17) is 18.0 Å². The van der Waals surface area contributed by atoms with Gasteiger partial charge in [-0.25, -0.2) is 4.39 Å². The monoisotopic (exact) mass is 181 g/mol. The van der Waals surface area contributed by atoms with Gasteiger partial charge in [-0.1, -0.05) is 17.5 Å². The fourth-order valence-corrected chi connectivity index (χ4v) is 1.12. The minimum Gasteiger partial charge on any atom is -0.207 e. The molecule has 0 aliphatic rings. The molecule has 0 saturated carbocycles. The van der Waals surface area contributed by atoms with Gasteiger partial charge in [-0.05, 0) is 30.7 Å². The third kappa shape index (κ3) is 1.78. The van der Waals surface area contributed by atoms with Crippen molar-refractivity contribution >= 4 is 11.6 Å². The smallest absolute Gasteiger partial charge is 0.123 e. The molecule has 0 aliphatic carbocycles. The molecule has 0 unspecified atom stereocenters. The molecule has 0 heterocycles. The van der Waals surface area contributed by atoms with E-state index in [1.54, 1.807) is 6.92 Å². The zero-order chi connectivity index (χ0) is 9.14. The van der Waals surface area contributed by atoms with Gasteiger partial charge in [0.2, 0.25) is 0 Å². The van der Waals surface area contributed by atoms with Crippen molar-refractivity contribution in [2.75, 3.05) is 0 Å². The van der Waals surface area contributed by atoms with Crippen LogP contribution in [0, 0.1) is 24.1 Å². The van der Waals surface area contributed by atoms with Crippen LogP contribution in [-0.4, -0.2) is 0 Å². The summed E-state index contributed by atoms with van der Waals surface area (Å²) >= 11 is 5.79. The average molecular weight is 182 g/mol. The molecule has 0 aromatic heterocycles. The van der Waals surface area contributed by atoms with Crippen molar-refractivity contribution < 1.29 is 4.39 Å². The first kappa shape index (κ1) is 9.09. The van der Waals surface area contributed by atoms with Crippen molar-refractivity contribution in [1.82, 2.24) is 0 Å². The molecule has 1 radical (unpaired) electrons. The van der Waals surface area contributed by atoms with Gasteiger partial charge >= 0.3 is 0 Å². The Hall–Kier alpha value is -1.00. The van der Waals surface area contributed by atoms with Crippen LogP contribution in [0.5, 0.6) is 0 Å². The van der Waals surface area contributed by atoms with Gasteiger partial charge in [0.15, 0.2) is 0 Å². The normalized spacial score (nSPS) is 9.92. The summed E-state index contributed by atoms with van der Waals surface area (Å²) in [6.45, 7) is 1.72. The van der Waals surface area contributed by atoms with Crippen LogP contribution in [0.15, 0.2) is 18.2 Å². The summed E-state index contributed by atoms with van der Waals surface area (Å²) in [6.07, 6.45) is 5.15. The lowest BCUT2D eigenvalue weighted by atomic mass is 10.0. The van der Waals surface area contributed by atoms with Crippen molar-refractivity contribution in [3.63, 3.8) is 0 Å². The fourth-order valence-electron chi connectivity index (χ4n) is 0.863. The molecular weight excluding hydrogens is 175 g/mol. The summed E-state index contributed by atoms with van der Waals surface area (Å²) < 4.78 is 12.7. The zero-order valence-corrected chi connectivity index (χ0v) is 7.32. The predicted octanol–water partition coefficient (Wildman–Crippen LogP) is 3.05. The van der Waals surface area contributed by atoms with Crippen LogP contribution in [0.1, 0.15) is 12.5 Å². The lowest BCUT2D eigenvalue weighted by Gasteiger charge is -2.05. The summed E-state index contributed by atoms with van der Waals surface area (Å²) in [6, 6.07) is 4.13. The standard InChI is InChI=1S/C10H7ClF/c1-3-7(2)9-6-8(12)4-5-10(9)11/h1,4-6H,2H3. The summed E-state index contributed by atoms with van der Waals surface area (Å²) in [7, 11) is 0. The zero-order valence-electron chi connectivity index (χ0n) is 6.57. The van der Waals surface area contributed by atoms with Crippen LogP contribution in [0.25, 0.3) is 0 Å². The Bertz CT molecular complexity index is 325. The predicted molar refractivity (Wildman–Crippen MR) is 48.3 cm³/mol. The molecule has 0 fully saturated rings. The van der Waals surface area contributed by atoms with E-state index < -0.39 is 0 Å². The topological polar surface area (TPSA) is 0 Å². The van der Waals surface area contributed by atoms with Crippen molar-refractivity contribution in [3.05, 3.63) is 40.5 Å². The SMILES string of the molecule is C#C[C](C)c1cc(F)ccc1Cl. The van der Waals surface area contributed by atoms with Gasteiger partial charge in [0.1, 0.15) is 5.82 Å². The van der Waals surface area contributed by atoms with E-state index in [1.165, 1.54) is 18.2 Å². The van der Waals surface area contributed by atoms with Crippen LogP contribution in [0.3, 0.4) is 0 Å². The summed E-state index contributed by atoms with van der Waals surface area (Å²) in [5.41, 5.74) is 0.583. The van der Waals surface area contributed by atoms with Crippen LogP contribution in [0.4, 0.5) is 4.39 Å². The number of hydrogen-bond donors (Lipinski definition) is 0. The van der Waals surface area contributed by atoms with Crippen LogP contribution in [0.2, 0.25) is 5.02 Å². The lowest BCUT2D eigenvalue weighted by molar-refractivity contribution is 0.626. The molecule has 0 N–H and O–H groups in total. The number of halogens is 2. The van der Waals surface area contributed by atoms with E-state index >= 15 is 0 Å². The Morgan fingerprint density at radius 1 is 1.58 bits per heavy atom. The maximum absolute atomic E-state index is 12.7. The number of hydrogen-bond acceptors (Lipinski definition) is 0. The van der Waals surface area contributed by atoms with E-state index in [-0.39, 0.29) is 5.82 Å². The van der Waals surface area contributed by atoms with Gasteiger partial charge in [0.05, 0.1) is 5.92 Å². The molecule has 0 spiro atoms. The second kappa shape index (κ2) is 3.60. The van der Waals surface area contributed by atoms with Gasteiger partial charge in [0, 0.05) is 5.02 Å². The van der Waals surface area contributed by atoms with Crippen LogP contribution >= 0.6 is 11.6 Å². The third-order valence-electron chi connectivity index (χ3n) is 1.55. The molecule has 0 nitrogen and oxygen atoms in total. The molecule has 1 aromatic carbocycles. The molecule has 1 aromatic rings. The molecule has 1 rings (SSSR count). The van der Waals surface area contributed by atoms with E-state index in [1.807, 2.05) is 0 Å². The molecule has 12 heavy (non-hydrogen) atoms. The molecule has 0 atom stereocenters. The van der Waals surface area contributed by atoms with Gasteiger partial charge in [0.25, 0.3) is 0 Å². The minimum absolute atomic E-state index is 0.330. The first-order valence-electron chi connectivity index (χ1n) is 3.40. The lowest BCUT2D eigenvalue weighted by Crippen LogP contribution is -1.92. The molecule has 2 heteroatoms. The maximum atomic E-state index is 12.7. The molecule has 0 aliphatic heterocycles. The maximum Gasteiger partial charge on any atom is 0.123 e. The Kier molecular flexibility index (Phi) is 2.73. The number of terminal acetylenes is 1. The van der Waals surface area contributed by atoms with Gasteiger partial charge in [-0.3, -0.25) is 0 Å². The molecule has 0 bridgehead atoms. The van der Waals surface area contributed by atoms with Crippen molar-refractivity contribution in [1.29, 1.82) is 0 Å². The third-order valence-corrected chi connectivity index (χ3v) is 1.88. The minimum atomic E-state index is -0.330. The Morgan fingerprint density at radius 2 is 2.25 bits per heavy atom. The number of rotatable bonds is 1. The Balaban J connectivity index is 3.15. The van der Waals surface area contributed by atoms with Crippen LogP contribution < -0.4 is 0 Å². The second-order valence-electron chi connectivity index (χ2n) is 2.39. The summed E-state index contributed by atoms with van der Waals surface area (Å²) in [5, 5.41) is 0.479. The highest BCUT2D eigenvalue weighted by molar-refractivity contribution is 6.31. The first-order chi connectivity index (χ1) is 5.65. The van der Waals surface area contributed by atoms with E-state index in [2.05, 4.69) is 5.92 Å². The van der Waals surface area contributed by atoms with Gasteiger partial charge < -0.3 is 0 Å². The van der Waals surface area contributed by atoms with E-state index in [0.29, 0.717) is 16.5 Å². The Labute approximate surface area is 76.4 Å². The highest BCUT2D eigenvalue weighted by Gasteiger charge is 2.08. The highest BCUT2D eigenvalue weighted by Crippen LogP contribution is 2.23. The first-order valence-corrected chi connectivity index (χ1v) is 3.78. The average Bonchev–Trinajstić information content (AvgIpc) is 2.08.